The van der Waals surface area contributed by atoms with Crippen molar-refractivity contribution in [3.05, 3.63) is 40.8 Å². The van der Waals surface area contributed by atoms with E-state index in [9.17, 15) is 8.42 Å². The Morgan fingerprint density at radius 3 is 2.55 bits per heavy atom. The van der Waals surface area contributed by atoms with Gasteiger partial charge in [0.2, 0.25) is 0 Å². The van der Waals surface area contributed by atoms with Crippen LogP contribution in [-0.4, -0.2) is 43.2 Å². The maximum Gasteiger partial charge on any atom is 0.252 e. The predicted octanol–water partition coefficient (Wildman–Crippen LogP) is 4.58. The normalized spacial score (nSPS) is 21.5. The van der Waals surface area contributed by atoms with Crippen LogP contribution in [-0.2, 0) is 10.0 Å². The second kappa shape index (κ2) is 7.90. The monoisotopic (exact) mass is 458 g/mol. The molecule has 1 aromatic carbocycles. The number of thiophene rings is 1. The van der Waals surface area contributed by atoms with Crippen LogP contribution in [0.15, 0.2) is 38.8 Å². The molecule has 2 N–H and O–H groups in total. The van der Waals surface area contributed by atoms with Gasteiger partial charge in [-0.2, -0.15) is 4.31 Å². The minimum Gasteiger partial charge on any atom is -0.371 e. The number of amidine groups is 1. The number of sulfonamides is 1. The van der Waals surface area contributed by atoms with Gasteiger partial charge in [0, 0.05) is 19.1 Å². The number of fused-ring (bicyclic) bond motifs is 1. The Bertz CT molecular complexity index is 1090. The van der Waals surface area contributed by atoms with E-state index < -0.39 is 10.0 Å². The molecule has 1 aliphatic carbocycles. The number of aliphatic imine (C=N–C) groups is 1. The lowest BCUT2D eigenvalue weighted by Gasteiger charge is -2.45. The Kier molecular flexibility index (Phi) is 5.35. The summed E-state index contributed by atoms with van der Waals surface area (Å²) >= 11 is 1.28. The highest BCUT2D eigenvalue weighted by molar-refractivity contribution is 7.91. The summed E-state index contributed by atoms with van der Waals surface area (Å²) in [5.41, 5.74) is 4.15. The van der Waals surface area contributed by atoms with Crippen LogP contribution in [0.1, 0.15) is 49.7 Å². The third-order valence-electron chi connectivity index (χ3n) is 7.03. The van der Waals surface area contributed by atoms with Crippen LogP contribution in [0.25, 0.3) is 0 Å². The van der Waals surface area contributed by atoms with Crippen molar-refractivity contribution in [1.82, 2.24) is 9.62 Å². The molecule has 0 atom stereocenters. The Morgan fingerprint density at radius 1 is 1.16 bits per heavy atom. The summed E-state index contributed by atoms with van der Waals surface area (Å²) in [6, 6.07) is 8.27. The molecule has 31 heavy (non-hydrogen) atoms. The number of nitrogens with one attached hydrogen (secondary N) is 2. The van der Waals surface area contributed by atoms with Crippen molar-refractivity contribution < 1.29 is 8.42 Å². The quantitative estimate of drug-likeness (QED) is 0.706. The van der Waals surface area contributed by atoms with E-state index in [-0.39, 0.29) is 5.54 Å². The van der Waals surface area contributed by atoms with Gasteiger partial charge in [0.05, 0.1) is 16.9 Å². The van der Waals surface area contributed by atoms with Crippen LogP contribution in [0.2, 0.25) is 0 Å². The van der Waals surface area contributed by atoms with Crippen LogP contribution in [0.4, 0.5) is 11.4 Å². The molecule has 2 aliphatic heterocycles. The minimum absolute atomic E-state index is 0.348. The van der Waals surface area contributed by atoms with E-state index in [1.807, 2.05) is 5.38 Å². The molecule has 5 rings (SSSR count). The van der Waals surface area contributed by atoms with Crippen LogP contribution >= 0.6 is 11.3 Å². The molecule has 166 valence electrons. The Morgan fingerprint density at radius 2 is 1.87 bits per heavy atom. The Balaban J connectivity index is 1.44. The van der Waals surface area contributed by atoms with E-state index in [0.29, 0.717) is 36.2 Å². The van der Waals surface area contributed by atoms with Gasteiger partial charge in [-0.25, -0.2) is 13.4 Å². The summed E-state index contributed by atoms with van der Waals surface area (Å²) < 4.78 is 28.1. The lowest BCUT2D eigenvalue weighted by Crippen LogP contribution is -2.61. The van der Waals surface area contributed by atoms with Gasteiger partial charge in [-0.05, 0) is 74.2 Å². The van der Waals surface area contributed by atoms with Gasteiger partial charge in [0.25, 0.3) is 10.0 Å². The number of hydrogen-bond donors (Lipinski definition) is 2. The standard InChI is InChI=1S/C23H30N4O2S2/c1-16-14-19-20(15-17(16)2)26-23(22(25-19)24-18-6-3-4-7-18)9-11-27(12-10-23)31(28,29)21-8-5-13-30-21/h5,8,13-15,18,26H,3-4,6-7,9-12H2,1-2H3,(H,24,25). The summed E-state index contributed by atoms with van der Waals surface area (Å²) in [6.07, 6.45) is 6.26. The molecule has 6 nitrogen and oxygen atoms in total. The molecular weight excluding hydrogens is 428 g/mol. The maximum absolute atomic E-state index is 13.0. The number of nitrogens with zero attached hydrogens (tertiary/aromatic N) is 2. The smallest absolute Gasteiger partial charge is 0.252 e. The van der Waals surface area contributed by atoms with Crippen molar-refractivity contribution in [2.24, 2.45) is 4.99 Å². The number of rotatable bonds is 3. The third-order valence-corrected chi connectivity index (χ3v) is 10.3. The van der Waals surface area contributed by atoms with E-state index in [1.54, 1.807) is 16.4 Å². The molecule has 2 fully saturated rings. The highest BCUT2D eigenvalue weighted by Gasteiger charge is 2.45. The van der Waals surface area contributed by atoms with Gasteiger partial charge in [-0.15, -0.1) is 11.3 Å². The number of aryl methyl sites for hydroxylation is 2. The van der Waals surface area contributed by atoms with Crippen LogP contribution in [0.5, 0.6) is 0 Å². The molecule has 8 heteroatoms. The van der Waals surface area contributed by atoms with Crippen molar-refractivity contribution in [3.8, 4) is 0 Å². The third kappa shape index (κ3) is 3.79. The fraction of sp³-hybridized carbons (Fsp3) is 0.522. The fourth-order valence-corrected chi connectivity index (χ4v) is 7.57. The predicted molar refractivity (Wildman–Crippen MR) is 127 cm³/mol. The number of piperidine rings is 1. The molecule has 0 bridgehead atoms. The van der Waals surface area contributed by atoms with Gasteiger partial charge in [0.15, 0.2) is 0 Å². The van der Waals surface area contributed by atoms with E-state index in [2.05, 4.69) is 36.6 Å². The summed E-state index contributed by atoms with van der Waals surface area (Å²) in [5, 5.41) is 9.37. The average molecular weight is 459 g/mol. The first kappa shape index (κ1) is 21.0. The van der Waals surface area contributed by atoms with Crippen LogP contribution < -0.4 is 10.6 Å². The van der Waals surface area contributed by atoms with Crippen molar-refractivity contribution >= 4 is 38.6 Å². The number of hydrogen-bond acceptors (Lipinski definition) is 6. The molecule has 3 heterocycles. The molecule has 2 aromatic rings. The molecule has 1 aromatic heterocycles. The Hall–Kier alpha value is -1.90. The number of anilines is 1. The molecule has 0 radical (unpaired) electrons. The van der Waals surface area contributed by atoms with Gasteiger partial charge in [0.1, 0.15) is 10.0 Å². The van der Waals surface area contributed by atoms with Crippen LogP contribution in [0, 0.1) is 13.8 Å². The summed E-state index contributed by atoms with van der Waals surface area (Å²) in [6.45, 7) is 5.21. The highest BCUT2D eigenvalue weighted by Crippen LogP contribution is 2.41. The average Bonchev–Trinajstić information content (AvgIpc) is 3.45. The van der Waals surface area contributed by atoms with Crippen LogP contribution in [0.3, 0.4) is 0 Å². The molecule has 1 saturated carbocycles. The zero-order chi connectivity index (χ0) is 21.6. The molecular formula is C23H30N4O2S2. The van der Waals surface area contributed by atoms with Crippen molar-refractivity contribution in [1.29, 1.82) is 0 Å². The van der Waals surface area contributed by atoms with Gasteiger partial charge in [-0.3, -0.25) is 0 Å². The first-order chi connectivity index (χ1) is 14.9. The van der Waals surface area contributed by atoms with Crippen molar-refractivity contribution in [3.63, 3.8) is 0 Å². The summed E-state index contributed by atoms with van der Waals surface area (Å²) in [7, 11) is -3.42. The Labute approximate surface area is 188 Å². The van der Waals surface area contributed by atoms with E-state index in [1.165, 1.54) is 48.1 Å². The zero-order valence-electron chi connectivity index (χ0n) is 18.1. The second-order valence-electron chi connectivity index (χ2n) is 9.08. The molecule has 3 aliphatic rings. The first-order valence-corrected chi connectivity index (χ1v) is 13.5. The first-order valence-electron chi connectivity index (χ1n) is 11.2. The summed E-state index contributed by atoms with van der Waals surface area (Å²) in [5.74, 6) is 0.989. The lowest BCUT2D eigenvalue weighted by atomic mass is 9.84. The SMILES string of the molecule is Cc1cc2c(cc1C)NC1(CCN(S(=O)(=O)c3cccs3)CC1)C(NC1CCCC1)=N2. The highest BCUT2D eigenvalue weighted by atomic mass is 32.2. The van der Waals surface area contributed by atoms with E-state index in [0.717, 1.165) is 17.2 Å². The van der Waals surface area contributed by atoms with E-state index in [4.69, 9.17) is 4.99 Å². The molecule has 1 spiro atoms. The van der Waals surface area contributed by atoms with Gasteiger partial charge in [-0.1, -0.05) is 18.9 Å². The lowest BCUT2D eigenvalue weighted by molar-refractivity contribution is 0.296. The summed E-state index contributed by atoms with van der Waals surface area (Å²) in [4.78, 5) is 5.10. The van der Waals surface area contributed by atoms with Crippen molar-refractivity contribution in [2.45, 2.75) is 68.2 Å². The van der Waals surface area contributed by atoms with Crippen molar-refractivity contribution in [2.75, 3.05) is 18.4 Å². The second-order valence-corrected chi connectivity index (χ2v) is 12.2. The molecule has 0 unspecified atom stereocenters. The van der Waals surface area contributed by atoms with Gasteiger partial charge >= 0.3 is 0 Å². The largest absolute Gasteiger partial charge is 0.371 e. The molecule has 1 saturated heterocycles. The van der Waals surface area contributed by atoms with E-state index >= 15 is 0 Å². The minimum atomic E-state index is -3.42. The zero-order valence-corrected chi connectivity index (χ0v) is 19.8. The maximum atomic E-state index is 13.0. The van der Waals surface area contributed by atoms with Gasteiger partial charge < -0.3 is 10.6 Å². The topological polar surface area (TPSA) is 73.8 Å². The molecule has 0 amide bonds. The fourth-order valence-electron chi connectivity index (χ4n) is 4.98. The number of benzene rings is 1.